The Labute approximate surface area is 126 Å². The topological polar surface area (TPSA) is 62.7 Å². The van der Waals surface area contributed by atoms with Crippen LogP contribution in [0.3, 0.4) is 0 Å². The molecule has 0 aliphatic rings. The number of carbonyl (C=O) groups is 1. The zero-order valence-electron chi connectivity index (χ0n) is 11.7. The van der Waals surface area contributed by atoms with E-state index in [1.54, 1.807) is 16.8 Å². The van der Waals surface area contributed by atoms with Crippen LogP contribution in [0.5, 0.6) is 0 Å². The van der Waals surface area contributed by atoms with Gasteiger partial charge in [0, 0.05) is 29.2 Å². The Bertz CT molecular complexity index is 805. The lowest BCUT2D eigenvalue weighted by atomic mass is 10.2. The molecule has 3 rings (SSSR count). The molecule has 1 unspecified atom stereocenters. The van der Waals surface area contributed by atoms with Crippen molar-refractivity contribution in [3.63, 3.8) is 0 Å². The average molecular weight is 303 g/mol. The van der Waals surface area contributed by atoms with Gasteiger partial charge in [-0.2, -0.15) is 5.10 Å². The summed E-state index contributed by atoms with van der Waals surface area (Å²) in [5.74, 6) is -0.166. The number of fused-ring (bicyclic) bond motifs is 1. The molecule has 1 aromatic carbocycles. The summed E-state index contributed by atoms with van der Waals surface area (Å²) in [4.78, 5) is 15.4. The third-order valence-corrected chi connectivity index (χ3v) is 3.59. The second kappa shape index (κ2) is 5.26. The van der Waals surface area contributed by atoms with Crippen molar-refractivity contribution in [2.45, 2.75) is 13.0 Å². The third-order valence-electron chi connectivity index (χ3n) is 3.35. The van der Waals surface area contributed by atoms with Crippen molar-refractivity contribution in [2.24, 2.45) is 7.05 Å². The molecule has 0 aliphatic carbocycles. The van der Waals surface area contributed by atoms with Crippen LogP contribution in [0, 0.1) is 0 Å². The highest BCUT2D eigenvalue weighted by Crippen LogP contribution is 2.20. The van der Waals surface area contributed by atoms with Gasteiger partial charge in [0.15, 0.2) is 0 Å². The Morgan fingerprint density at radius 1 is 1.38 bits per heavy atom. The number of aromatic nitrogens is 3. The van der Waals surface area contributed by atoms with Crippen LogP contribution >= 0.6 is 11.6 Å². The van der Waals surface area contributed by atoms with E-state index >= 15 is 0 Å². The van der Waals surface area contributed by atoms with Gasteiger partial charge < -0.3 is 10.3 Å². The Morgan fingerprint density at radius 2 is 2.19 bits per heavy atom. The summed E-state index contributed by atoms with van der Waals surface area (Å²) in [5, 5.41) is 8.77. The second-order valence-corrected chi connectivity index (χ2v) is 5.46. The molecule has 1 atom stereocenters. The zero-order valence-corrected chi connectivity index (χ0v) is 12.5. The molecule has 1 amide bonds. The van der Waals surface area contributed by atoms with Gasteiger partial charge in [0.05, 0.1) is 11.7 Å². The van der Waals surface area contributed by atoms with E-state index in [1.165, 1.54) is 0 Å². The van der Waals surface area contributed by atoms with Gasteiger partial charge in [0.1, 0.15) is 5.69 Å². The SMILES string of the molecule is CC(NC(=O)c1cc2cc(Cl)ccc2[nH]1)c1ccn(C)n1. The number of aromatic amines is 1. The summed E-state index contributed by atoms with van der Waals surface area (Å²) in [7, 11) is 1.85. The van der Waals surface area contributed by atoms with Crippen molar-refractivity contribution < 1.29 is 4.79 Å². The first-order chi connectivity index (χ1) is 10.0. The highest BCUT2D eigenvalue weighted by atomic mass is 35.5. The van der Waals surface area contributed by atoms with Gasteiger partial charge in [0.2, 0.25) is 0 Å². The number of amides is 1. The van der Waals surface area contributed by atoms with E-state index in [2.05, 4.69) is 15.4 Å². The smallest absolute Gasteiger partial charge is 0.268 e. The van der Waals surface area contributed by atoms with Crippen molar-refractivity contribution in [3.05, 3.63) is 52.9 Å². The van der Waals surface area contributed by atoms with E-state index in [9.17, 15) is 4.79 Å². The predicted molar refractivity (Wildman–Crippen MR) is 82.4 cm³/mol. The fraction of sp³-hybridized carbons (Fsp3) is 0.200. The third kappa shape index (κ3) is 2.78. The molecule has 0 fully saturated rings. The molecular weight excluding hydrogens is 288 g/mol. The number of H-pyrrole nitrogens is 1. The number of carbonyl (C=O) groups excluding carboxylic acids is 1. The lowest BCUT2D eigenvalue weighted by molar-refractivity contribution is 0.0935. The Hall–Kier alpha value is -2.27. The molecule has 2 heterocycles. The highest BCUT2D eigenvalue weighted by Gasteiger charge is 2.15. The van der Waals surface area contributed by atoms with E-state index in [0.29, 0.717) is 10.7 Å². The van der Waals surface area contributed by atoms with Crippen molar-refractivity contribution >= 4 is 28.4 Å². The maximum absolute atomic E-state index is 12.3. The van der Waals surface area contributed by atoms with Crippen LogP contribution in [0.25, 0.3) is 10.9 Å². The van der Waals surface area contributed by atoms with Crippen LogP contribution in [0.15, 0.2) is 36.5 Å². The van der Waals surface area contributed by atoms with Gasteiger partial charge in [0.25, 0.3) is 5.91 Å². The lowest BCUT2D eigenvalue weighted by Crippen LogP contribution is -2.27. The fourth-order valence-corrected chi connectivity index (χ4v) is 2.42. The number of aryl methyl sites for hydroxylation is 1. The average Bonchev–Trinajstić information content (AvgIpc) is 3.04. The van der Waals surface area contributed by atoms with Crippen LogP contribution < -0.4 is 5.32 Å². The molecule has 0 bridgehead atoms. The van der Waals surface area contributed by atoms with E-state index in [-0.39, 0.29) is 11.9 Å². The van der Waals surface area contributed by atoms with Gasteiger partial charge in [-0.3, -0.25) is 9.48 Å². The first-order valence-electron chi connectivity index (χ1n) is 6.61. The number of halogens is 1. The molecular formula is C15H15ClN4O. The number of rotatable bonds is 3. The standard InChI is InChI=1S/C15H15ClN4O/c1-9(12-5-6-20(2)19-12)17-15(21)14-8-10-7-11(16)3-4-13(10)18-14/h3-9,18H,1-2H3,(H,17,21). The van der Waals surface area contributed by atoms with E-state index in [0.717, 1.165) is 16.6 Å². The van der Waals surface area contributed by atoms with Gasteiger partial charge >= 0.3 is 0 Å². The van der Waals surface area contributed by atoms with Crippen molar-refractivity contribution in [3.8, 4) is 0 Å². The Kier molecular flexibility index (Phi) is 3.43. The molecule has 0 spiro atoms. The number of nitrogens with one attached hydrogen (secondary N) is 2. The van der Waals surface area contributed by atoms with E-state index < -0.39 is 0 Å². The maximum atomic E-state index is 12.3. The van der Waals surface area contributed by atoms with Gasteiger partial charge in [-0.15, -0.1) is 0 Å². The molecule has 3 aromatic rings. The van der Waals surface area contributed by atoms with Crippen LogP contribution in [0.2, 0.25) is 5.02 Å². The molecule has 2 aromatic heterocycles. The molecule has 0 saturated heterocycles. The van der Waals surface area contributed by atoms with Gasteiger partial charge in [-0.25, -0.2) is 0 Å². The fourth-order valence-electron chi connectivity index (χ4n) is 2.24. The van der Waals surface area contributed by atoms with Crippen molar-refractivity contribution in [1.29, 1.82) is 0 Å². The highest BCUT2D eigenvalue weighted by molar-refractivity contribution is 6.31. The Morgan fingerprint density at radius 3 is 2.90 bits per heavy atom. The van der Waals surface area contributed by atoms with Gasteiger partial charge in [-0.1, -0.05) is 11.6 Å². The largest absolute Gasteiger partial charge is 0.351 e. The number of benzene rings is 1. The summed E-state index contributed by atoms with van der Waals surface area (Å²) in [5.41, 5.74) is 2.22. The van der Waals surface area contributed by atoms with Gasteiger partial charge in [-0.05, 0) is 37.3 Å². The van der Waals surface area contributed by atoms with Crippen molar-refractivity contribution in [2.75, 3.05) is 0 Å². The molecule has 0 radical (unpaired) electrons. The first kappa shape index (κ1) is 13.7. The number of hydrogen-bond donors (Lipinski definition) is 2. The van der Waals surface area contributed by atoms with Crippen LogP contribution in [0.4, 0.5) is 0 Å². The quantitative estimate of drug-likeness (QED) is 0.781. The molecule has 2 N–H and O–H groups in total. The maximum Gasteiger partial charge on any atom is 0.268 e. The second-order valence-electron chi connectivity index (χ2n) is 5.02. The molecule has 6 heteroatoms. The predicted octanol–water partition coefficient (Wildman–Crippen LogP) is 3.05. The van der Waals surface area contributed by atoms with Crippen molar-refractivity contribution in [1.82, 2.24) is 20.1 Å². The minimum atomic E-state index is -0.166. The normalized spacial score (nSPS) is 12.5. The monoisotopic (exact) mass is 302 g/mol. The molecule has 5 nitrogen and oxygen atoms in total. The minimum absolute atomic E-state index is 0.159. The number of hydrogen-bond acceptors (Lipinski definition) is 2. The minimum Gasteiger partial charge on any atom is -0.351 e. The molecule has 0 saturated carbocycles. The van der Waals surface area contributed by atoms with Crippen LogP contribution in [0.1, 0.15) is 29.1 Å². The summed E-state index contributed by atoms with van der Waals surface area (Å²) in [6, 6.07) is 8.99. The first-order valence-corrected chi connectivity index (χ1v) is 6.99. The number of nitrogens with zero attached hydrogens (tertiary/aromatic N) is 2. The van der Waals surface area contributed by atoms with E-state index in [1.807, 2.05) is 38.4 Å². The summed E-state index contributed by atoms with van der Waals surface area (Å²) >= 11 is 5.95. The molecule has 108 valence electrons. The van der Waals surface area contributed by atoms with E-state index in [4.69, 9.17) is 11.6 Å². The summed E-state index contributed by atoms with van der Waals surface area (Å²) in [6.45, 7) is 1.90. The lowest BCUT2D eigenvalue weighted by Gasteiger charge is -2.10. The van der Waals surface area contributed by atoms with Crippen LogP contribution in [-0.2, 0) is 7.05 Å². The molecule has 21 heavy (non-hydrogen) atoms. The summed E-state index contributed by atoms with van der Waals surface area (Å²) in [6.07, 6.45) is 1.85. The molecule has 0 aliphatic heterocycles. The van der Waals surface area contributed by atoms with Crippen LogP contribution in [-0.4, -0.2) is 20.7 Å². The Balaban J connectivity index is 1.80. The zero-order chi connectivity index (χ0) is 15.0. The summed E-state index contributed by atoms with van der Waals surface area (Å²) < 4.78 is 1.71.